The van der Waals surface area contributed by atoms with E-state index in [9.17, 15) is 13.2 Å². The average Bonchev–Trinajstić information content (AvgIpc) is 2.97. The Labute approximate surface area is 227 Å². The van der Waals surface area contributed by atoms with Crippen LogP contribution in [0.1, 0.15) is 16.1 Å². The first kappa shape index (κ1) is 26.4. The molecule has 3 heterocycles. The van der Waals surface area contributed by atoms with E-state index in [1.165, 1.54) is 19.2 Å². The van der Waals surface area contributed by atoms with Crippen molar-refractivity contribution < 1.29 is 22.7 Å². The van der Waals surface area contributed by atoms with E-state index in [0.717, 1.165) is 16.8 Å². The highest BCUT2D eigenvalue weighted by molar-refractivity contribution is 7.93. The molecule has 1 N–H and O–H groups in total. The van der Waals surface area contributed by atoms with Gasteiger partial charge in [-0.05, 0) is 36.4 Å². The number of anilines is 1. The molecule has 1 fully saturated rings. The van der Waals surface area contributed by atoms with Crippen LogP contribution in [0.5, 0.6) is 11.5 Å². The average molecular weight is 548 g/mol. The first-order valence-electron chi connectivity index (χ1n) is 12.4. The van der Waals surface area contributed by atoms with E-state index in [4.69, 9.17) is 9.47 Å². The highest BCUT2D eigenvalue weighted by Gasteiger charge is 2.26. The number of pyridine rings is 2. The van der Waals surface area contributed by atoms with Gasteiger partial charge in [0.05, 0.1) is 36.7 Å². The maximum Gasteiger partial charge on any atom is 0.264 e. The van der Waals surface area contributed by atoms with Crippen molar-refractivity contribution >= 4 is 32.5 Å². The number of amides is 1. The van der Waals surface area contributed by atoms with Crippen molar-refractivity contribution in [1.29, 1.82) is 0 Å². The molecule has 0 atom stereocenters. The summed E-state index contributed by atoms with van der Waals surface area (Å²) >= 11 is 0. The van der Waals surface area contributed by atoms with Crippen molar-refractivity contribution in [2.45, 2.75) is 11.4 Å². The number of para-hydroxylation sites is 1. The molecular formula is C28H29N5O5S. The van der Waals surface area contributed by atoms with Crippen LogP contribution >= 0.6 is 0 Å². The van der Waals surface area contributed by atoms with E-state index in [1.807, 2.05) is 12.1 Å². The minimum Gasteiger partial charge on any atom is -0.496 e. The second-order valence-electron chi connectivity index (χ2n) is 9.07. The number of ether oxygens (including phenoxy) is 2. The number of rotatable bonds is 8. The number of methoxy groups -OCH3 is 2. The van der Waals surface area contributed by atoms with Crippen molar-refractivity contribution in [3.63, 3.8) is 0 Å². The van der Waals surface area contributed by atoms with Gasteiger partial charge in [-0.1, -0.05) is 18.2 Å². The molecule has 1 aliphatic rings. The van der Waals surface area contributed by atoms with Crippen LogP contribution in [-0.2, 0) is 16.6 Å². The van der Waals surface area contributed by atoms with Gasteiger partial charge in [0.15, 0.2) is 0 Å². The minimum atomic E-state index is -3.94. The van der Waals surface area contributed by atoms with Crippen molar-refractivity contribution in [2.75, 3.05) is 45.1 Å². The molecule has 10 nitrogen and oxygen atoms in total. The zero-order valence-electron chi connectivity index (χ0n) is 21.7. The number of hydrogen-bond donors (Lipinski definition) is 1. The van der Waals surface area contributed by atoms with Gasteiger partial charge in [-0.2, -0.15) is 0 Å². The molecule has 39 heavy (non-hydrogen) atoms. The van der Waals surface area contributed by atoms with Gasteiger partial charge in [-0.25, -0.2) is 8.42 Å². The predicted octanol–water partition coefficient (Wildman–Crippen LogP) is 3.41. The summed E-state index contributed by atoms with van der Waals surface area (Å²) in [5.74, 6) is 0.861. The Balaban J connectivity index is 1.28. The zero-order valence-corrected chi connectivity index (χ0v) is 22.5. The molecular weight excluding hydrogens is 518 g/mol. The summed E-state index contributed by atoms with van der Waals surface area (Å²) in [6, 6.07) is 16.9. The lowest BCUT2D eigenvalue weighted by molar-refractivity contribution is 0.0622. The van der Waals surface area contributed by atoms with Crippen molar-refractivity contribution in [2.24, 2.45) is 0 Å². The Bertz CT molecular complexity index is 1600. The highest BCUT2D eigenvalue weighted by Crippen LogP contribution is 2.28. The van der Waals surface area contributed by atoms with Crippen LogP contribution in [0, 0.1) is 0 Å². The van der Waals surface area contributed by atoms with Gasteiger partial charge >= 0.3 is 0 Å². The number of nitrogens with zero attached hydrogens (tertiary/aromatic N) is 4. The van der Waals surface area contributed by atoms with E-state index in [1.54, 1.807) is 60.8 Å². The normalized spacial score (nSPS) is 14.3. The van der Waals surface area contributed by atoms with Crippen molar-refractivity contribution in [3.05, 3.63) is 84.3 Å². The molecule has 1 aliphatic heterocycles. The number of hydrogen-bond acceptors (Lipinski definition) is 8. The second-order valence-corrected chi connectivity index (χ2v) is 10.7. The first-order chi connectivity index (χ1) is 18.9. The highest BCUT2D eigenvalue weighted by atomic mass is 32.2. The summed E-state index contributed by atoms with van der Waals surface area (Å²) in [4.78, 5) is 26.1. The zero-order chi connectivity index (χ0) is 27.4. The van der Waals surface area contributed by atoms with Crippen LogP contribution in [0.2, 0.25) is 0 Å². The fraction of sp³-hybridized carbons (Fsp3) is 0.250. The molecule has 5 rings (SSSR count). The van der Waals surface area contributed by atoms with Crippen LogP contribution in [-0.4, -0.2) is 74.5 Å². The summed E-state index contributed by atoms with van der Waals surface area (Å²) in [6.07, 6.45) is 3.30. The second kappa shape index (κ2) is 11.3. The Hall–Kier alpha value is -4.22. The molecule has 0 aliphatic carbocycles. The number of carbonyl (C=O) groups is 1. The van der Waals surface area contributed by atoms with E-state index in [-0.39, 0.29) is 22.2 Å². The molecule has 0 bridgehead atoms. The molecule has 1 saturated heterocycles. The van der Waals surface area contributed by atoms with Gasteiger partial charge in [-0.15, -0.1) is 0 Å². The van der Waals surface area contributed by atoms with E-state index in [0.29, 0.717) is 43.8 Å². The maximum atomic E-state index is 13.4. The third-order valence-electron chi connectivity index (χ3n) is 6.67. The standard InChI is InChI=1S/C28H29N5O5S/c1-37-24-8-5-12-29-23(24)19-32-14-16-33(17-15-32)28(34)22-11-10-21(18-25(22)38-2)31-39(35,36)26-9-3-6-20-7-4-13-30-27(20)26/h3-13,18,31H,14-17,19H2,1-2H3. The molecule has 2 aromatic carbocycles. The summed E-state index contributed by atoms with van der Waals surface area (Å²) in [6.45, 7) is 3.09. The predicted molar refractivity (Wildman–Crippen MR) is 148 cm³/mol. The fourth-order valence-corrected chi connectivity index (χ4v) is 5.88. The lowest BCUT2D eigenvalue weighted by atomic mass is 10.1. The molecule has 1 amide bonds. The first-order valence-corrected chi connectivity index (χ1v) is 13.9. The van der Waals surface area contributed by atoms with Crippen LogP contribution in [0.3, 0.4) is 0 Å². The third kappa shape index (κ3) is 5.64. The molecule has 202 valence electrons. The van der Waals surface area contributed by atoms with E-state index < -0.39 is 10.0 Å². The number of piperazine rings is 1. The molecule has 0 radical (unpaired) electrons. The molecule has 2 aromatic heterocycles. The quantitative estimate of drug-likeness (QED) is 0.357. The Morgan fingerprint density at radius 3 is 2.38 bits per heavy atom. The van der Waals surface area contributed by atoms with Crippen molar-refractivity contribution in [1.82, 2.24) is 19.8 Å². The SMILES string of the molecule is COc1cc(NS(=O)(=O)c2cccc3cccnc23)ccc1C(=O)N1CCN(Cc2ncccc2OC)CC1. The van der Waals surface area contributed by atoms with E-state index in [2.05, 4.69) is 19.6 Å². The number of sulfonamides is 1. The van der Waals surface area contributed by atoms with Gasteiger partial charge < -0.3 is 14.4 Å². The summed E-state index contributed by atoms with van der Waals surface area (Å²) in [7, 11) is -0.856. The molecule has 0 unspecified atom stereocenters. The summed E-state index contributed by atoms with van der Waals surface area (Å²) in [5.41, 5.74) is 1.89. The summed E-state index contributed by atoms with van der Waals surface area (Å²) < 4.78 is 39.9. The maximum absolute atomic E-state index is 13.4. The van der Waals surface area contributed by atoms with Crippen LogP contribution in [0.4, 0.5) is 5.69 Å². The Morgan fingerprint density at radius 2 is 1.62 bits per heavy atom. The number of fused-ring (bicyclic) bond motifs is 1. The third-order valence-corrected chi connectivity index (χ3v) is 8.08. The molecule has 4 aromatic rings. The number of carbonyl (C=O) groups excluding carboxylic acids is 1. The lowest BCUT2D eigenvalue weighted by Gasteiger charge is -2.35. The van der Waals surface area contributed by atoms with Gasteiger partial charge in [-0.3, -0.25) is 24.4 Å². The van der Waals surface area contributed by atoms with Crippen LogP contribution in [0.15, 0.2) is 78.0 Å². The molecule has 11 heteroatoms. The molecule has 0 saturated carbocycles. The number of benzene rings is 2. The van der Waals surface area contributed by atoms with Crippen LogP contribution < -0.4 is 14.2 Å². The Kier molecular flexibility index (Phi) is 7.62. The topological polar surface area (TPSA) is 114 Å². The number of aromatic nitrogens is 2. The summed E-state index contributed by atoms with van der Waals surface area (Å²) in [5, 5.41) is 0.721. The van der Waals surface area contributed by atoms with Crippen molar-refractivity contribution in [3.8, 4) is 11.5 Å². The largest absolute Gasteiger partial charge is 0.496 e. The molecule has 0 spiro atoms. The fourth-order valence-electron chi connectivity index (χ4n) is 4.65. The smallest absolute Gasteiger partial charge is 0.264 e. The van der Waals surface area contributed by atoms with Crippen LogP contribution in [0.25, 0.3) is 10.9 Å². The van der Waals surface area contributed by atoms with Gasteiger partial charge in [0, 0.05) is 56.6 Å². The number of nitrogens with one attached hydrogen (secondary N) is 1. The van der Waals surface area contributed by atoms with Gasteiger partial charge in [0.2, 0.25) is 0 Å². The van der Waals surface area contributed by atoms with Gasteiger partial charge in [0.25, 0.3) is 15.9 Å². The van der Waals surface area contributed by atoms with Gasteiger partial charge in [0.1, 0.15) is 16.4 Å². The lowest BCUT2D eigenvalue weighted by Crippen LogP contribution is -2.48. The Morgan fingerprint density at radius 1 is 0.897 bits per heavy atom. The minimum absolute atomic E-state index is 0.0703. The van der Waals surface area contributed by atoms with E-state index >= 15 is 0 Å². The monoisotopic (exact) mass is 547 g/mol.